The summed E-state index contributed by atoms with van der Waals surface area (Å²) in [5.74, 6) is 0.575. The molecule has 1 aromatic carbocycles. The number of hydrogen-bond donors (Lipinski definition) is 0. The molecule has 0 spiro atoms. The smallest absolute Gasteiger partial charge is 0.223 e. The highest BCUT2D eigenvalue weighted by atomic mass is 19.1. The van der Waals surface area contributed by atoms with Crippen molar-refractivity contribution >= 4 is 5.91 Å². The minimum Gasteiger partial charge on any atom is -0.370 e. The number of carbonyl (C=O) groups excluding carboxylic acids is 1. The lowest BCUT2D eigenvalue weighted by Crippen LogP contribution is -2.42. The van der Waals surface area contributed by atoms with Gasteiger partial charge in [0.25, 0.3) is 0 Å². The lowest BCUT2D eigenvalue weighted by Gasteiger charge is -2.33. The van der Waals surface area contributed by atoms with Crippen LogP contribution in [0.5, 0.6) is 0 Å². The lowest BCUT2D eigenvalue weighted by molar-refractivity contribution is -0.140. The Morgan fingerprint density at radius 3 is 2.67 bits per heavy atom. The molecule has 1 heterocycles. The van der Waals surface area contributed by atoms with E-state index >= 15 is 0 Å². The summed E-state index contributed by atoms with van der Waals surface area (Å²) in [6, 6.07) is 6.37. The van der Waals surface area contributed by atoms with Gasteiger partial charge in [-0.2, -0.15) is 0 Å². The maximum absolute atomic E-state index is 13.0. The number of ether oxygens (including phenoxy) is 1. The summed E-state index contributed by atoms with van der Waals surface area (Å²) in [7, 11) is 0. The third-order valence-electron chi connectivity index (χ3n) is 4.60. The summed E-state index contributed by atoms with van der Waals surface area (Å²) in [6.45, 7) is 1.80. The summed E-state index contributed by atoms with van der Waals surface area (Å²) in [6.07, 6.45) is 5.45. The second-order valence-corrected chi connectivity index (χ2v) is 6.11. The Morgan fingerprint density at radius 2 is 1.95 bits per heavy atom. The molecule has 0 bridgehead atoms. The monoisotopic (exact) mass is 291 g/mol. The van der Waals surface area contributed by atoms with Crippen LogP contribution >= 0.6 is 0 Å². The number of hydrogen-bond acceptors (Lipinski definition) is 2. The second kappa shape index (κ2) is 6.56. The van der Waals surface area contributed by atoms with Crippen molar-refractivity contribution in [2.75, 3.05) is 19.7 Å². The normalized spacial score (nSPS) is 23.5. The number of rotatable bonds is 3. The van der Waals surface area contributed by atoms with Gasteiger partial charge < -0.3 is 9.64 Å². The van der Waals surface area contributed by atoms with Crippen molar-refractivity contribution < 1.29 is 13.9 Å². The minimum absolute atomic E-state index is 0.133. The number of amides is 1. The molecule has 2 aliphatic rings. The van der Waals surface area contributed by atoms with Crippen LogP contribution in [0.2, 0.25) is 0 Å². The first kappa shape index (κ1) is 14.5. The van der Waals surface area contributed by atoms with Gasteiger partial charge in [-0.1, -0.05) is 25.0 Å². The molecule has 0 aromatic heterocycles. The zero-order chi connectivity index (χ0) is 14.7. The molecule has 1 aliphatic heterocycles. The summed E-state index contributed by atoms with van der Waals surface area (Å²) in [5.41, 5.74) is 0.940. The van der Waals surface area contributed by atoms with Gasteiger partial charge in [0.1, 0.15) is 11.9 Å². The molecule has 114 valence electrons. The van der Waals surface area contributed by atoms with Crippen molar-refractivity contribution in [3.63, 3.8) is 0 Å². The number of halogens is 1. The van der Waals surface area contributed by atoms with Crippen LogP contribution in [0.3, 0.4) is 0 Å². The first-order valence-corrected chi connectivity index (χ1v) is 7.87. The molecule has 0 radical (unpaired) electrons. The molecular formula is C17H22FNO2. The standard InChI is InChI=1S/C17H22FNO2/c18-15-7-5-14(6-8-15)16-12-19(9-10-21-16)17(20)11-13-3-1-2-4-13/h5-8,13,16H,1-4,9-12H2/t16-/m0/s1. The van der Waals surface area contributed by atoms with Crippen LogP contribution < -0.4 is 0 Å². The van der Waals surface area contributed by atoms with Crippen molar-refractivity contribution in [2.45, 2.75) is 38.2 Å². The molecule has 3 rings (SSSR count). The molecule has 21 heavy (non-hydrogen) atoms. The molecule has 1 atom stereocenters. The van der Waals surface area contributed by atoms with Gasteiger partial charge in [0.2, 0.25) is 5.91 Å². The Bertz CT molecular complexity index is 482. The van der Waals surface area contributed by atoms with E-state index in [0.717, 1.165) is 5.56 Å². The molecule has 1 saturated heterocycles. The molecule has 0 unspecified atom stereocenters. The zero-order valence-electron chi connectivity index (χ0n) is 12.3. The van der Waals surface area contributed by atoms with Crippen molar-refractivity contribution in [1.82, 2.24) is 4.90 Å². The van der Waals surface area contributed by atoms with Crippen molar-refractivity contribution in [2.24, 2.45) is 5.92 Å². The molecule has 1 aromatic rings. The highest BCUT2D eigenvalue weighted by Gasteiger charge is 2.27. The summed E-state index contributed by atoms with van der Waals surface area (Å²) < 4.78 is 18.7. The maximum Gasteiger partial charge on any atom is 0.223 e. The van der Waals surface area contributed by atoms with E-state index in [0.29, 0.717) is 32.0 Å². The van der Waals surface area contributed by atoms with E-state index in [4.69, 9.17) is 4.74 Å². The van der Waals surface area contributed by atoms with Gasteiger partial charge in [0, 0.05) is 13.0 Å². The van der Waals surface area contributed by atoms with Crippen LogP contribution in [0.4, 0.5) is 4.39 Å². The molecule has 3 nitrogen and oxygen atoms in total. The van der Waals surface area contributed by atoms with Crippen LogP contribution in [0.1, 0.15) is 43.8 Å². The van der Waals surface area contributed by atoms with E-state index in [9.17, 15) is 9.18 Å². The van der Waals surface area contributed by atoms with E-state index in [2.05, 4.69) is 0 Å². The fourth-order valence-corrected chi connectivity index (χ4v) is 3.35. The fraction of sp³-hybridized carbons (Fsp3) is 0.588. The van der Waals surface area contributed by atoms with Crippen LogP contribution in [-0.2, 0) is 9.53 Å². The molecule has 0 N–H and O–H groups in total. The summed E-state index contributed by atoms with van der Waals surface area (Å²) >= 11 is 0. The van der Waals surface area contributed by atoms with Gasteiger partial charge >= 0.3 is 0 Å². The van der Waals surface area contributed by atoms with Crippen molar-refractivity contribution in [3.8, 4) is 0 Å². The Balaban J connectivity index is 1.59. The number of carbonyl (C=O) groups is 1. The Labute approximate surface area is 125 Å². The first-order valence-electron chi connectivity index (χ1n) is 7.87. The molecule has 4 heteroatoms. The van der Waals surface area contributed by atoms with E-state index in [1.165, 1.54) is 37.8 Å². The molecule has 2 fully saturated rings. The van der Waals surface area contributed by atoms with Gasteiger partial charge in [0.15, 0.2) is 0 Å². The number of morpholine rings is 1. The van der Waals surface area contributed by atoms with Crippen molar-refractivity contribution in [3.05, 3.63) is 35.6 Å². The highest BCUT2D eigenvalue weighted by molar-refractivity contribution is 5.76. The third-order valence-corrected chi connectivity index (χ3v) is 4.60. The Kier molecular flexibility index (Phi) is 4.54. The maximum atomic E-state index is 13.0. The second-order valence-electron chi connectivity index (χ2n) is 6.11. The molecule has 1 aliphatic carbocycles. The molecular weight excluding hydrogens is 269 g/mol. The van der Waals surface area contributed by atoms with Gasteiger partial charge in [-0.05, 0) is 36.5 Å². The van der Waals surface area contributed by atoms with Crippen LogP contribution in [0, 0.1) is 11.7 Å². The SMILES string of the molecule is O=C(CC1CCCC1)N1CCO[C@H](c2ccc(F)cc2)C1. The predicted octanol–water partition coefficient (Wildman–Crippen LogP) is 3.31. The van der Waals surface area contributed by atoms with Crippen LogP contribution in [0.25, 0.3) is 0 Å². The minimum atomic E-state index is -0.247. The average molecular weight is 291 g/mol. The van der Waals surface area contributed by atoms with Gasteiger partial charge in [-0.3, -0.25) is 4.79 Å². The summed E-state index contributed by atoms with van der Waals surface area (Å²) in [5, 5.41) is 0. The number of nitrogens with zero attached hydrogens (tertiary/aromatic N) is 1. The van der Waals surface area contributed by atoms with Crippen LogP contribution in [-0.4, -0.2) is 30.5 Å². The van der Waals surface area contributed by atoms with E-state index in [1.54, 1.807) is 12.1 Å². The van der Waals surface area contributed by atoms with Gasteiger partial charge in [-0.15, -0.1) is 0 Å². The Hall–Kier alpha value is -1.42. The largest absolute Gasteiger partial charge is 0.370 e. The Morgan fingerprint density at radius 1 is 1.24 bits per heavy atom. The highest BCUT2D eigenvalue weighted by Crippen LogP contribution is 2.29. The topological polar surface area (TPSA) is 29.5 Å². The van der Waals surface area contributed by atoms with Gasteiger partial charge in [0.05, 0.1) is 13.2 Å². The average Bonchev–Trinajstić information content (AvgIpc) is 3.01. The first-order chi connectivity index (χ1) is 10.2. The summed E-state index contributed by atoms with van der Waals surface area (Å²) in [4.78, 5) is 14.3. The van der Waals surface area contributed by atoms with Crippen LogP contribution in [0.15, 0.2) is 24.3 Å². The quantitative estimate of drug-likeness (QED) is 0.855. The fourth-order valence-electron chi connectivity index (χ4n) is 3.35. The van der Waals surface area contributed by atoms with E-state index < -0.39 is 0 Å². The van der Waals surface area contributed by atoms with Gasteiger partial charge in [-0.25, -0.2) is 4.39 Å². The van der Waals surface area contributed by atoms with E-state index in [1.807, 2.05) is 4.90 Å². The number of benzene rings is 1. The lowest BCUT2D eigenvalue weighted by atomic mass is 10.0. The third kappa shape index (κ3) is 3.62. The molecule has 1 amide bonds. The van der Waals surface area contributed by atoms with Crippen molar-refractivity contribution in [1.29, 1.82) is 0 Å². The molecule has 1 saturated carbocycles. The predicted molar refractivity (Wildman–Crippen MR) is 78.2 cm³/mol. The zero-order valence-corrected chi connectivity index (χ0v) is 12.3. The van der Waals surface area contributed by atoms with E-state index in [-0.39, 0.29) is 17.8 Å².